The summed E-state index contributed by atoms with van der Waals surface area (Å²) in [4.78, 5) is 24.5. The highest BCUT2D eigenvalue weighted by Crippen LogP contribution is 2.18. The number of nitrogens with zero attached hydrogens (tertiary/aromatic N) is 1. The second-order valence-corrected chi connectivity index (χ2v) is 9.60. The van der Waals surface area contributed by atoms with Crippen molar-refractivity contribution in [3.63, 3.8) is 0 Å². The molecule has 1 atom stereocenters. The fourth-order valence-corrected chi connectivity index (χ4v) is 2.99. The Kier molecular flexibility index (Phi) is 4.70. The van der Waals surface area contributed by atoms with Gasteiger partial charge in [0.2, 0.25) is 5.91 Å². The Morgan fingerprint density at radius 2 is 2.12 bits per heavy atom. The van der Waals surface area contributed by atoms with E-state index in [9.17, 15) is 9.59 Å². The van der Waals surface area contributed by atoms with E-state index in [-0.39, 0.29) is 24.5 Å². The van der Waals surface area contributed by atoms with Crippen LogP contribution in [0.4, 0.5) is 0 Å². The molecule has 17 heavy (non-hydrogen) atoms. The minimum atomic E-state index is -1.63. The number of carbonyl (C=O) groups excluding carboxylic acids is 2. The monoisotopic (exact) mass is 259 g/mol. The first-order valence-electron chi connectivity index (χ1n) is 5.93. The summed E-state index contributed by atoms with van der Waals surface area (Å²) in [7, 11) is -1.63. The molecule has 0 saturated carbocycles. The molecular formula is C11H21NO4Si. The zero-order valence-electron chi connectivity index (χ0n) is 11.0. The lowest BCUT2D eigenvalue weighted by molar-refractivity contribution is -0.147. The van der Waals surface area contributed by atoms with Gasteiger partial charge in [0.1, 0.15) is 6.54 Å². The summed E-state index contributed by atoms with van der Waals surface area (Å²) in [6.07, 6.45) is 0.313. The molecule has 0 aromatic rings. The van der Waals surface area contributed by atoms with Gasteiger partial charge in [0.25, 0.3) is 0 Å². The van der Waals surface area contributed by atoms with Gasteiger partial charge in [0, 0.05) is 6.54 Å². The van der Waals surface area contributed by atoms with Gasteiger partial charge < -0.3 is 14.1 Å². The molecule has 1 rings (SSSR count). The summed E-state index contributed by atoms with van der Waals surface area (Å²) in [5.74, 6) is -0.379. The van der Waals surface area contributed by atoms with E-state index in [0.29, 0.717) is 19.6 Å². The predicted molar refractivity (Wildman–Crippen MR) is 66.0 cm³/mol. The first-order valence-corrected chi connectivity index (χ1v) is 9.34. The van der Waals surface area contributed by atoms with E-state index >= 15 is 0 Å². The zero-order chi connectivity index (χ0) is 13.1. The van der Waals surface area contributed by atoms with Crippen LogP contribution < -0.4 is 0 Å². The number of carbonyl (C=O) groups is 2. The van der Waals surface area contributed by atoms with Crippen LogP contribution in [0.2, 0.25) is 19.6 Å². The molecule has 1 saturated heterocycles. The minimum absolute atomic E-state index is 0.0266. The molecule has 98 valence electrons. The molecule has 1 fully saturated rings. The van der Waals surface area contributed by atoms with Gasteiger partial charge in [-0.15, -0.1) is 0 Å². The lowest BCUT2D eigenvalue weighted by Gasteiger charge is -2.22. The zero-order valence-corrected chi connectivity index (χ0v) is 12.0. The molecule has 0 spiro atoms. The third kappa shape index (κ3) is 4.87. The summed E-state index contributed by atoms with van der Waals surface area (Å²) < 4.78 is 10.7. The van der Waals surface area contributed by atoms with Crippen molar-refractivity contribution in [3.8, 4) is 0 Å². The van der Waals surface area contributed by atoms with E-state index in [4.69, 9.17) is 9.16 Å². The molecule has 1 aliphatic heterocycles. The molecule has 0 bridgehead atoms. The number of esters is 1. The predicted octanol–water partition coefficient (Wildman–Crippen LogP) is 1.00. The van der Waals surface area contributed by atoms with Crippen molar-refractivity contribution in [1.29, 1.82) is 0 Å². The summed E-state index contributed by atoms with van der Waals surface area (Å²) >= 11 is 0. The van der Waals surface area contributed by atoms with Crippen LogP contribution in [0.3, 0.4) is 0 Å². The first kappa shape index (κ1) is 14.2. The Balaban J connectivity index is 2.44. The summed E-state index contributed by atoms with van der Waals surface area (Å²) in [5.41, 5.74) is 0. The van der Waals surface area contributed by atoms with Crippen LogP contribution in [0.25, 0.3) is 0 Å². The highest BCUT2D eigenvalue weighted by molar-refractivity contribution is 6.69. The number of likely N-dealkylation sites (tertiary alicyclic amines) is 1. The Bertz CT molecular complexity index is 300. The molecule has 0 aliphatic carbocycles. The van der Waals surface area contributed by atoms with Crippen molar-refractivity contribution < 1.29 is 18.8 Å². The minimum Gasteiger partial charge on any atom is -0.465 e. The molecule has 1 heterocycles. The quantitative estimate of drug-likeness (QED) is 0.546. The van der Waals surface area contributed by atoms with E-state index in [1.54, 1.807) is 6.92 Å². The Labute approximate surface area is 103 Å². The summed E-state index contributed by atoms with van der Waals surface area (Å²) in [6, 6.07) is 0. The van der Waals surface area contributed by atoms with Crippen LogP contribution in [-0.2, 0) is 18.8 Å². The Hall–Kier alpha value is -0.883. The average Bonchev–Trinajstić information content (AvgIpc) is 2.43. The lowest BCUT2D eigenvalue weighted by atomic mass is 10.3. The van der Waals surface area contributed by atoms with Gasteiger partial charge in [-0.25, -0.2) is 0 Å². The third-order valence-electron chi connectivity index (χ3n) is 2.32. The van der Waals surface area contributed by atoms with Crippen LogP contribution in [-0.4, -0.2) is 50.9 Å². The van der Waals surface area contributed by atoms with E-state index in [1.165, 1.54) is 4.90 Å². The van der Waals surface area contributed by atoms with Crippen LogP contribution in [0.15, 0.2) is 0 Å². The number of hydrogen-bond donors (Lipinski definition) is 0. The maximum Gasteiger partial charge on any atom is 0.325 e. The smallest absolute Gasteiger partial charge is 0.325 e. The topological polar surface area (TPSA) is 55.8 Å². The van der Waals surface area contributed by atoms with Crippen molar-refractivity contribution in [2.45, 2.75) is 39.1 Å². The van der Waals surface area contributed by atoms with Gasteiger partial charge in [0.15, 0.2) is 8.32 Å². The van der Waals surface area contributed by atoms with Crippen LogP contribution in [0.5, 0.6) is 0 Å². The molecule has 1 aliphatic rings. The molecule has 0 aromatic carbocycles. The maximum atomic E-state index is 11.7. The van der Waals surface area contributed by atoms with E-state index < -0.39 is 8.32 Å². The molecule has 1 unspecified atom stereocenters. The van der Waals surface area contributed by atoms with Crippen LogP contribution in [0.1, 0.15) is 13.3 Å². The normalized spacial score (nSPS) is 20.8. The van der Waals surface area contributed by atoms with Crippen molar-refractivity contribution in [1.82, 2.24) is 4.90 Å². The van der Waals surface area contributed by atoms with Crippen molar-refractivity contribution >= 4 is 20.2 Å². The third-order valence-corrected chi connectivity index (χ3v) is 3.36. The van der Waals surface area contributed by atoms with Crippen LogP contribution >= 0.6 is 0 Å². The highest BCUT2D eigenvalue weighted by atomic mass is 28.4. The number of rotatable bonds is 5. The van der Waals surface area contributed by atoms with E-state index in [2.05, 4.69) is 19.6 Å². The maximum absolute atomic E-state index is 11.7. The first-order chi connectivity index (χ1) is 7.81. The molecule has 0 radical (unpaired) electrons. The molecular weight excluding hydrogens is 238 g/mol. The lowest BCUT2D eigenvalue weighted by Crippen LogP contribution is -2.36. The second kappa shape index (κ2) is 5.64. The van der Waals surface area contributed by atoms with Gasteiger partial charge in [-0.2, -0.15) is 0 Å². The highest BCUT2D eigenvalue weighted by Gasteiger charge is 2.34. The fraction of sp³-hybridized carbons (Fsp3) is 0.818. The van der Waals surface area contributed by atoms with Gasteiger partial charge >= 0.3 is 5.97 Å². The van der Waals surface area contributed by atoms with Crippen molar-refractivity contribution in [2.75, 3.05) is 19.7 Å². The van der Waals surface area contributed by atoms with Gasteiger partial charge in [-0.1, -0.05) is 0 Å². The van der Waals surface area contributed by atoms with E-state index in [0.717, 1.165) is 0 Å². The second-order valence-electron chi connectivity index (χ2n) is 5.14. The van der Waals surface area contributed by atoms with Crippen molar-refractivity contribution in [3.05, 3.63) is 0 Å². The Morgan fingerprint density at radius 3 is 2.65 bits per heavy atom. The standard InChI is InChI=1S/C11H21NO4Si/c1-5-15-11(14)8-12-7-9(6-10(12)13)16-17(2,3)4/h9H,5-8H2,1-4H3. The fourth-order valence-electron chi connectivity index (χ4n) is 1.83. The molecule has 0 aromatic heterocycles. The van der Waals surface area contributed by atoms with Gasteiger partial charge in [0.05, 0.1) is 19.1 Å². The summed E-state index contributed by atoms with van der Waals surface area (Å²) in [5, 5.41) is 0. The largest absolute Gasteiger partial charge is 0.465 e. The number of ether oxygens (including phenoxy) is 1. The molecule has 6 heteroatoms. The van der Waals surface area contributed by atoms with Gasteiger partial charge in [-0.05, 0) is 26.6 Å². The average molecular weight is 259 g/mol. The molecule has 5 nitrogen and oxygen atoms in total. The summed E-state index contributed by atoms with van der Waals surface area (Å²) in [6.45, 7) is 8.90. The van der Waals surface area contributed by atoms with Crippen LogP contribution in [0, 0.1) is 0 Å². The number of hydrogen-bond acceptors (Lipinski definition) is 4. The molecule has 1 amide bonds. The van der Waals surface area contributed by atoms with Gasteiger partial charge in [-0.3, -0.25) is 9.59 Å². The number of amides is 1. The van der Waals surface area contributed by atoms with E-state index in [1.807, 2.05) is 0 Å². The van der Waals surface area contributed by atoms with Crippen molar-refractivity contribution in [2.24, 2.45) is 0 Å². The Morgan fingerprint density at radius 1 is 1.47 bits per heavy atom. The SMILES string of the molecule is CCOC(=O)CN1CC(O[Si](C)(C)C)CC1=O. The molecule has 0 N–H and O–H groups in total.